The van der Waals surface area contributed by atoms with E-state index in [2.05, 4.69) is 4.98 Å². The summed E-state index contributed by atoms with van der Waals surface area (Å²) in [5.74, 6) is 0. The molecule has 0 amide bonds. The summed E-state index contributed by atoms with van der Waals surface area (Å²) in [6.45, 7) is 2.75. The van der Waals surface area contributed by atoms with Gasteiger partial charge in [-0.3, -0.25) is 0 Å². The van der Waals surface area contributed by atoms with Crippen molar-refractivity contribution in [3.05, 3.63) is 53.1 Å². The van der Waals surface area contributed by atoms with Crippen molar-refractivity contribution < 1.29 is 0 Å². The number of aryl methyl sites for hydroxylation is 1. The molecule has 72 valence electrons. The van der Waals surface area contributed by atoms with Crippen LogP contribution >= 0.6 is 11.6 Å². The van der Waals surface area contributed by atoms with Gasteiger partial charge in [0.15, 0.2) is 0 Å². The van der Waals surface area contributed by atoms with Crippen LogP contribution < -0.4 is 0 Å². The van der Waals surface area contributed by atoms with E-state index in [-0.39, 0.29) is 0 Å². The molecule has 0 saturated heterocycles. The number of hydrogen-bond donors (Lipinski definition) is 0. The van der Waals surface area contributed by atoms with Crippen molar-refractivity contribution in [3.8, 4) is 0 Å². The smallest absolute Gasteiger partial charge is 0.0952 e. The third-order valence-corrected chi connectivity index (χ3v) is 2.44. The first-order valence-electron chi connectivity index (χ1n) is 4.47. The monoisotopic (exact) mass is 206 g/mol. The second kappa shape index (κ2) is 3.84. The van der Waals surface area contributed by atoms with Gasteiger partial charge in [0.2, 0.25) is 0 Å². The van der Waals surface area contributed by atoms with Gasteiger partial charge in [0.05, 0.1) is 12.0 Å². The van der Waals surface area contributed by atoms with Crippen LogP contribution in [0.1, 0.15) is 11.3 Å². The first-order valence-corrected chi connectivity index (χ1v) is 4.85. The van der Waals surface area contributed by atoms with Crippen molar-refractivity contribution in [1.29, 1.82) is 0 Å². The molecular formula is C11H11ClN2. The highest BCUT2D eigenvalue weighted by Gasteiger charge is 1.99. The maximum absolute atomic E-state index is 6.05. The van der Waals surface area contributed by atoms with E-state index in [9.17, 15) is 0 Å². The average molecular weight is 207 g/mol. The van der Waals surface area contributed by atoms with Gasteiger partial charge in [0.1, 0.15) is 0 Å². The van der Waals surface area contributed by atoms with Crippen LogP contribution in [-0.4, -0.2) is 9.55 Å². The van der Waals surface area contributed by atoms with Crippen LogP contribution in [0.3, 0.4) is 0 Å². The second-order valence-corrected chi connectivity index (χ2v) is 3.69. The fraction of sp³-hybridized carbons (Fsp3) is 0.182. The van der Waals surface area contributed by atoms with E-state index in [0.29, 0.717) is 0 Å². The molecular weight excluding hydrogens is 196 g/mol. The normalized spacial score (nSPS) is 10.4. The van der Waals surface area contributed by atoms with Crippen molar-refractivity contribution in [1.82, 2.24) is 9.55 Å². The molecule has 1 heterocycles. The molecule has 0 fully saturated rings. The summed E-state index contributed by atoms with van der Waals surface area (Å²) in [6, 6.07) is 7.86. The van der Waals surface area contributed by atoms with Gasteiger partial charge >= 0.3 is 0 Å². The Morgan fingerprint density at radius 1 is 1.36 bits per heavy atom. The molecule has 0 bridgehead atoms. The zero-order valence-corrected chi connectivity index (χ0v) is 8.70. The van der Waals surface area contributed by atoms with Gasteiger partial charge in [0.25, 0.3) is 0 Å². The van der Waals surface area contributed by atoms with E-state index < -0.39 is 0 Å². The molecule has 0 aliphatic carbocycles. The van der Waals surface area contributed by atoms with Gasteiger partial charge in [-0.1, -0.05) is 29.8 Å². The Morgan fingerprint density at radius 3 is 2.79 bits per heavy atom. The summed E-state index contributed by atoms with van der Waals surface area (Å²) < 4.78 is 2.02. The summed E-state index contributed by atoms with van der Waals surface area (Å²) in [5, 5.41) is 0.804. The molecule has 1 aromatic heterocycles. The number of aromatic nitrogens is 2. The highest BCUT2D eigenvalue weighted by atomic mass is 35.5. The zero-order chi connectivity index (χ0) is 9.97. The molecule has 0 atom stereocenters. The van der Waals surface area contributed by atoms with Gasteiger partial charge in [-0.25, -0.2) is 4.98 Å². The van der Waals surface area contributed by atoms with E-state index >= 15 is 0 Å². The number of nitrogens with zero attached hydrogens (tertiary/aromatic N) is 2. The maximum atomic E-state index is 6.05. The lowest BCUT2D eigenvalue weighted by atomic mass is 10.2. The largest absolute Gasteiger partial charge is 0.333 e. The fourth-order valence-electron chi connectivity index (χ4n) is 1.38. The minimum absolute atomic E-state index is 0.778. The minimum Gasteiger partial charge on any atom is -0.333 e. The van der Waals surface area contributed by atoms with E-state index in [1.54, 1.807) is 0 Å². The zero-order valence-electron chi connectivity index (χ0n) is 7.94. The Labute approximate surface area is 88.2 Å². The molecule has 0 spiro atoms. The minimum atomic E-state index is 0.778. The van der Waals surface area contributed by atoms with Gasteiger partial charge in [0, 0.05) is 17.8 Å². The fourth-order valence-corrected chi connectivity index (χ4v) is 1.58. The molecule has 2 aromatic rings. The Bertz CT molecular complexity index is 434. The van der Waals surface area contributed by atoms with E-state index in [1.807, 2.05) is 48.3 Å². The second-order valence-electron chi connectivity index (χ2n) is 3.28. The Kier molecular flexibility index (Phi) is 2.55. The average Bonchev–Trinajstić information content (AvgIpc) is 2.56. The predicted molar refractivity (Wildman–Crippen MR) is 57.5 cm³/mol. The summed E-state index contributed by atoms with van der Waals surface area (Å²) in [5.41, 5.74) is 2.14. The number of imidazole rings is 1. The SMILES string of the molecule is Cc1cn(Cc2ccccc2Cl)cn1. The van der Waals surface area contributed by atoms with E-state index in [0.717, 1.165) is 22.8 Å². The lowest BCUT2D eigenvalue weighted by Gasteiger charge is -2.03. The van der Waals surface area contributed by atoms with Crippen LogP contribution in [0.25, 0.3) is 0 Å². The van der Waals surface area contributed by atoms with Gasteiger partial charge in [-0.15, -0.1) is 0 Å². The summed E-state index contributed by atoms with van der Waals surface area (Å²) >= 11 is 6.05. The van der Waals surface area contributed by atoms with Crippen molar-refractivity contribution in [2.75, 3.05) is 0 Å². The number of rotatable bonds is 2. The first-order chi connectivity index (χ1) is 6.75. The van der Waals surface area contributed by atoms with E-state index in [1.165, 1.54) is 0 Å². The van der Waals surface area contributed by atoms with Crippen molar-refractivity contribution in [2.45, 2.75) is 13.5 Å². The molecule has 2 rings (SSSR count). The molecule has 0 N–H and O–H groups in total. The van der Waals surface area contributed by atoms with Gasteiger partial charge in [-0.05, 0) is 18.6 Å². The third kappa shape index (κ3) is 1.96. The van der Waals surface area contributed by atoms with Crippen LogP contribution in [0.15, 0.2) is 36.8 Å². The summed E-state index contributed by atoms with van der Waals surface area (Å²) in [6.07, 6.45) is 3.82. The Balaban J connectivity index is 2.23. The molecule has 0 aliphatic heterocycles. The van der Waals surface area contributed by atoms with Crippen LogP contribution in [0.2, 0.25) is 5.02 Å². The number of benzene rings is 1. The van der Waals surface area contributed by atoms with E-state index in [4.69, 9.17) is 11.6 Å². The molecule has 3 heteroatoms. The quantitative estimate of drug-likeness (QED) is 0.739. The topological polar surface area (TPSA) is 17.8 Å². The lowest BCUT2D eigenvalue weighted by Crippen LogP contribution is -1.96. The molecule has 14 heavy (non-hydrogen) atoms. The highest BCUT2D eigenvalue weighted by Crippen LogP contribution is 2.15. The van der Waals surface area contributed by atoms with Crippen molar-refractivity contribution in [3.63, 3.8) is 0 Å². The van der Waals surface area contributed by atoms with Crippen molar-refractivity contribution in [2.24, 2.45) is 0 Å². The van der Waals surface area contributed by atoms with Gasteiger partial charge < -0.3 is 4.57 Å². The third-order valence-electron chi connectivity index (χ3n) is 2.07. The molecule has 0 radical (unpaired) electrons. The van der Waals surface area contributed by atoms with Crippen LogP contribution in [0.5, 0.6) is 0 Å². The molecule has 0 saturated carbocycles. The molecule has 0 aliphatic rings. The van der Waals surface area contributed by atoms with Crippen molar-refractivity contribution >= 4 is 11.6 Å². The number of hydrogen-bond acceptors (Lipinski definition) is 1. The lowest BCUT2D eigenvalue weighted by molar-refractivity contribution is 0.797. The molecule has 1 aromatic carbocycles. The summed E-state index contributed by atoms with van der Waals surface area (Å²) in [4.78, 5) is 4.16. The predicted octanol–water partition coefficient (Wildman–Crippen LogP) is 2.89. The Morgan fingerprint density at radius 2 is 2.14 bits per heavy atom. The van der Waals surface area contributed by atoms with Crippen LogP contribution in [0, 0.1) is 6.92 Å². The standard InChI is InChI=1S/C11H11ClN2/c1-9-6-14(8-13-9)7-10-4-2-3-5-11(10)12/h2-6,8H,7H2,1H3. The van der Waals surface area contributed by atoms with Crippen LogP contribution in [-0.2, 0) is 6.54 Å². The Hall–Kier alpha value is -1.28. The highest BCUT2D eigenvalue weighted by molar-refractivity contribution is 6.31. The number of halogens is 1. The molecule has 0 unspecified atom stereocenters. The molecule has 2 nitrogen and oxygen atoms in total. The van der Waals surface area contributed by atoms with Crippen LogP contribution in [0.4, 0.5) is 0 Å². The summed E-state index contributed by atoms with van der Waals surface area (Å²) in [7, 11) is 0. The maximum Gasteiger partial charge on any atom is 0.0952 e. The first kappa shape index (κ1) is 9.28. The van der Waals surface area contributed by atoms with Gasteiger partial charge in [-0.2, -0.15) is 0 Å².